The normalized spacial score (nSPS) is 22.4. The molecular formula is C50H77BN8O8. The van der Waals surface area contributed by atoms with Gasteiger partial charge >= 0.3 is 7.12 Å². The van der Waals surface area contributed by atoms with E-state index in [4.69, 9.17) is 20.8 Å². The molecule has 10 N–H and O–H groups in total. The monoisotopic (exact) mass is 929 g/mol. The van der Waals surface area contributed by atoms with Crippen LogP contribution in [0.25, 0.3) is 11.1 Å². The number of hydrogen-bond acceptors (Lipinski definition) is 10. The van der Waals surface area contributed by atoms with Gasteiger partial charge in [-0.25, -0.2) is 0 Å². The Morgan fingerprint density at radius 3 is 1.84 bits per heavy atom. The highest BCUT2D eigenvalue weighted by Gasteiger charge is 2.68. The van der Waals surface area contributed by atoms with Crippen LogP contribution in [-0.2, 0) is 39.7 Å². The summed E-state index contributed by atoms with van der Waals surface area (Å²) in [5.41, 5.74) is 15.0. The van der Waals surface area contributed by atoms with E-state index in [1.807, 2.05) is 19.1 Å². The van der Waals surface area contributed by atoms with Gasteiger partial charge in [0.05, 0.1) is 17.6 Å². The summed E-state index contributed by atoms with van der Waals surface area (Å²) in [6.45, 7) is 14.5. The first-order valence-corrected chi connectivity index (χ1v) is 24.6. The van der Waals surface area contributed by atoms with Crippen LogP contribution in [0.5, 0.6) is 0 Å². The van der Waals surface area contributed by atoms with E-state index in [0.717, 1.165) is 43.2 Å². The largest absolute Gasteiger partial charge is 0.481 e. The highest BCUT2D eigenvalue weighted by Crippen LogP contribution is 2.65. The number of carbonyl (C=O) groups is 6. The lowest BCUT2D eigenvalue weighted by molar-refractivity contribution is -0.199. The zero-order chi connectivity index (χ0) is 48.9. The highest BCUT2D eigenvalue weighted by atomic mass is 16.7. The van der Waals surface area contributed by atoms with Gasteiger partial charge in [0.2, 0.25) is 29.5 Å². The summed E-state index contributed by atoms with van der Waals surface area (Å²) in [5.74, 6) is -2.50. The number of nitrogens with one attached hydrogen (secondary N) is 6. The summed E-state index contributed by atoms with van der Waals surface area (Å²) in [6.07, 6.45) is 8.00. The molecule has 4 fully saturated rings. The van der Waals surface area contributed by atoms with Crippen LogP contribution in [0.15, 0.2) is 48.5 Å². The van der Waals surface area contributed by atoms with Crippen molar-refractivity contribution in [2.45, 2.75) is 167 Å². The van der Waals surface area contributed by atoms with E-state index in [9.17, 15) is 28.8 Å². The first-order valence-electron chi connectivity index (χ1n) is 24.6. The van der Waals surface area contributed by atoms with Crippen molar-refractivity contribution in [3.05, 3.63) is 59.7 Å². The van der Waals surface area contributed by atoms with Gasteiger partial charge in [0.1, 0.15) is 24.2 Å². The van der Waals surface area contributed by atoms with Crippen molar-refractivity contribution in [2.24, 2.45) is 28.7 Å². The third-order valence-electron chi connectivity index (χ3n) is 14.3. The molecule has 1 saturated heterocycles. The number of aryl methyl sites for hydroxylation is 1. The quantitative estimate of drug-likeness (QED) is 0.0501. The Morgan fingerprint density at radius 1 is 0.701 bits per heavy atom. The highest BCUT2D eigenvalue weighted by molar-refractivity contribution is 6.47. The second kappa shape index (κ2) is 24.4. The third kappa shape index (κ3) is 13.9. The lowest BCUT2D eigenvalue weighted by atomic mass is 9.43. The smallest absolute Gasteiger partial charge is 0.404 e. The van der Waals surface area contributed by atoms with Gasteiger partial charge in [-0.1, -0.05) is 63.6 Å². The maximum atomic E-state index is 13.8. The van der Waals surface area contributed by atoms with Crippen LogP contribution in [0, 0.1) is 17.3 Å². The van der Waals surface area contributed by atoms with Crippen molar-refractivity contribution in [2.75, 3.05) is 19.6 Å². The van der Waals surface area contributed by atoms with Crippen molar-refractivity contribution < 1.29 is 38.1 Å². The Balaban J connectivity index is 1.09. The number of nitrogens with two attached hydrogens (primary N) is 2. The first kappa shape index (κ1) is 53.1. The molecule has 3 saturated carbocycles. The molecular weight excluding hydrogens is 851 g/mol. The molecule has 2 aromatic rings. The van der Waals surface area contributed by atoms with Gasteiger partial charge in [-0.15, -0.1) is 0 Å². The Morgan fingerprint density at radius 2 is 1.25 bits per heavy atom. The second-order valence-corrected chi connectivity index (χ2v) is 19.7. The number of hydrogen-bond donors (Lipinski definition) is 8. The van der Waals surface area contributed by atoms with Crippen LogP contribution in [0.2, 0.25) is 0 Å². The van der Waals surface area contributed by atoms with Crippen molar-refractivity contribution in [3.8, 4) is 11.1 Å². The standard InChI is InChI=1S/C50H77BN8O8/c1-8-9-14-34-17-19-35(20-18-34)36-21-23-37(24-22-36)46(63)54-28-25-43(60)58-39(15-10-12-26-52)48(65)59-40(16-11-13-27-53)47(64)56-31(2)44(61)55-32(3)45(62)57-33(4)51-66-42-30-38-29-41(49(38,5)6)50(42,7)67-51/h17-24,31-33,38-42H,8-16,25-30,52-53H2,1-7H3,(H,54,63)(H,55,61)(H,56,64)(H,57,62)(H,58,60)(H,59,65)/t31-,32-,33-,38-,39-,40-,41-,42?,50-/m0/s1. The molecule has 1 aliphatic heterocycles. The Labute approximate surface area is 397 Å². The minimum Gasteiger partial charge on any atom is -0.404 e. The van der Waals surface area contributed by atoms with Crippen molar-refractivity contribution in [1.82, 2.24) is 31.9 Å². The van der Waals surface area contributed by atoms with E-state index in [2.05, 4.69) is 83.9 Å². The van der Waals surface area contributed by atoms with Gasteiger partial charge in [-0.05, 0) is 151 Å². The summed E-state index contributed by atoms with van der Waals surface area (Å²) in [4.78, 5) is 80.1. The predicted octanol–water partition coefficient (Wildman–Crippen LogP) is 3.83. The zero-order valence-corrected chi connectivity index (χ0v) is 40.8. The SMILES string of the molecule is CCCCc1ccc(-c2ccc(C(=O)NCCC(=O)N[C@@H](CCCCN)C(=O)N[C@@H](CCCCN)C(=O)N[C@@H](C)C(=O)N[C@@H](C)C(=O)N[C@@H](C)B3OC4C[C@@H]5C[C@@H](C5(C)C)[C@]4(C)O3)cc2)cc1. The number of benzene rings is 2. The maximum absolute atomic E-state index is 13.8. The van der Waals surface area contributed by atoms with Crippen LogP contribution in [0.3, 0.4) is 0 Å². The van der Waals surface area contributed by atoms with E-state index in [1.54, 1.807) is 19.1 Å². The fourth-order valence-corrected chi connectivity index (χ4v) is 9.83. The van der Waals surface area contributed by atoms with Crippen molar-refractivity contribution >= 4 is 42.6 Å². The lowest BCUT2D eigenvalue weighted by Gasteiger charge is -2.64. The molecule has 1 unspecified atom stereocenters. The van der Waals surface area contributed by atoms with Gasteiger partial charge in [0, 0.05) is 18.5 Å². The molecule has 17 heteroatoms. The van der Waals surface area contributed by atoms with Crippen LogP contribution in [0.1, 0.15) is 135 Å². The average molecular weight is 929 g/mol. The van der Waals surface area contributed by atoms with Gasteiger partial charge in [-0.2, -0.15) is 0 Å². The van der Waals surface area contributed by atoms with E-state index in [-0.39, 0.29) is 43.2 Å². The molecule has 1 heterocycles. The Kier molecular flexibility index (Phi) is 19.4. The number of unbranched alkanes of at least 4 members (excludes halogenated alkanes) is 3. The van der Waals surface area contributed by atoms with Gasteiger partial charge in [0.15, 0.2) is 0 Å². The Hall–Kier alpha value is -4.84. The summed E-state index contributed by atoms with van der Waals surface area (Å²) >= 11 is 0. The lowest BCUT2D eigenvalue weighted by Crippen LogP contribution is -2.65. The van der Waals surface area contributed by atoms with E-state index in [1.165, 1.54) is 12.5 Å². The van der Waals surface area contributed by atoms with Crippen molar-refractivity contribution in [1.29, 1.82) is 0 Å². The molecule has 2 bridgehead atoms. The molecule has 67 heavy (non-hydrogen) atoms. The minimum absolute atomic E-state index is 0.0363. The molecule has 4 aliphatic rings. The van der Waals surface area contributed by atoms with E-state index in [0.29, 0.717) is 56.2 Å². The summed E-state index contributed by atoms with van der Waals surface area (Å²) in [5, 5.41) is 16.6. The summed E-state index contributed by atoms with van der Waals surface area (Å²) in [6, 6.07) is 11.7. The van der Waals surface area contributed by atoms with Gasteiger partial charge < -0.3 is 52.7 Å². The van der Waals surface area contributed by atoms with Gasteiger partial charge in [0.25, 0.3) is 5.91 Å². The van der Waals surface area contributed by atoms with E-state index >= 15 is 0 Å². The van der Waals surface area contributed by atoms with Gasteiger partial charge in [-0.3, -0.25) is 28.8 Å². The molecule has 9 atom stereocenters. The third-order valence-corrected chi connectivity index (χ3v) is 14.3. The maximum Gasteiger partial charge on any atom is 0.481 e. The fourth-order valence-electron chi connectivity index (χ4n) is 9.83. The fraction of sp³-hybridized carbons (Fsp3) is 0.640. The van der Waals surface area contributed by atoms with Crippen LogP contribution in [-0.4, -0.2) is 104 Å². The first-order chi connectivity index (χ1) is 31.9. The molecule has 6 rings (SSSR count). The van der Waals surface area contributed by atoms with Crippen molar-refractivity contribution in [3.63, 3.8) is 0 Å². The number of amides is 6. The molecule has 0 spiro atoms. The number of carbonyl (C=O) groups excluding carboxylic acids is 6. The molecule has 0 radical (unpaired) electrons. The molecule has 3 aliphatic carbocycles. The summed E-state index contributed by atoms with van der Waals surface area (Å²) in [7, 11) is -0.623. The molecule has 0 aromatic heterocycles. The second-order valence-electron chi connectivity index (χ2n) is 19.7. The van der Waals surface area contributed by atoms with Crippen LogP contribution >= 0.6 is 0 Å². The summed E-state index contributed by atoms with van der Waals surface area (Å²) < 4.78 is 12.8. The average Bonchev–Trinajstić information content (AvgIpc) is 3.68. The molecule has 16 nitrogen and oxygen atoms in total. The minimum atomic E-state index is -1.06. The zero-order valence-electron chi connectivity index (χ0n) is 40.8. The molecule has 2 aromatic carbocycles. The predicted molar refractivity (Wildman–Crippen MR) is 260 cm³/mol. The Bertz CT molecular complexity index is 2000. The van der Waals surface area contributed by atoms with Crippen LogP contribution < -0.4 is 43.4 Å². The molecule has 6 amide bonds. The molecule has 368 valence electrons. The van der Waals surface area contributed by atoms with E-state index < -0.39 is 72.4 Å². The number of rotatable bonds is 26. The topological polar surface area (TPSA) is 245 Å². The van der Waals surface area contributed by atoms with Crippen LogP contribution in [0.4, 0.5) is 0 Å².